The SMILES string of the molecule is CCC(C)(F)c1ncnc(NC(C)CC#Cc2ccc(Cl)cc2C(F)(F)F)c1Cl. The Hall–Kier alpha value is -2.04. The van der Waals surface area contributed by atoms with Gasteiger partial charge >= 0.3 is 6.18 Å². The lowest BCUT2D eigenvalue weighted by molar-refractivity contribution is -0.137. The zero-order valence-electron chi connectivity index (χ0n) is 16.0. The predicted octanol–water partition coefficient (Wildman–Crippen LogP) is 6.64. The zero-order chi connectivity index (χ0) is 21.8. The molecule has 1 N–H and O–H groups in total. The van der Waals surface area contributed by atoms with E-state index in [-0.39, 0.29) is 46.0 Å². The number of benzene rings is 1. The molecule has 29 heavy (non-hydrogen) atoms. The lowest BCUT2D eigenvalue weighted by atomic mass is 10.0. The summed E-state index contributed by atoms with van der Waals surface area (Å²) < 4.78 is 53.9. The third-order valence-corrected chi connectivity index (χ3v) is 4.84. The number of hydrogen-bond donors (Lipinski definition) is 1. The van der Waals surface area contributed by atoms with E-state index in [9.17, 15) is 17.6 Å². The maximum Gasteiger partial charge on any atom is 0.417 e. The monoisotopic (exact) mass is 447 g/mol. The number of aromatic nitrogens is 2. The third kappa shape index (κ3) is 5.97. The van der Waals surface area contributed by atoms with Gasteiger partial charge in [-0.2, -0.15) is 13.2 Å². The topological polar surface area (TPSA) is 37.8 Å². The van der Waals surface area contributed by atoms with Crippen LogP contribution in [0, 0.1) is 11.8 Å². The first-order valence-electron chi connectivity index (χ1n) is 8.77. The highest BCUT2D eigenvalue weighted by atomic mass is 35.5. The van der Waals surface area contributed by atoms with Gasteiger partial charge in [0.25, 0.3) is 0 Å². The van der Waals surface area contributed by atoms with Crippen LogP contribution in [0.2, 0.25) is 10.0 Å². The van der Waals surface area contributed by atoms with Crippen LogP contribution in [0.25, 0.3) is 0 Å². The molecule has 0 saturated heterocycles. The Labute approximate surface area is 176 Å². The van der Waals surface area contributed by atoms with E-state index >= 15 is 0 Å². The van der Waals surface area contributed by atoms with E-state index in [0.29, 0.717) is 0 Å². The summed E-state index contributed by atoms with van der Waals surface area (Å²) in [5.41, 5.74) is -2.67. The van der Waals surface area contributed by atoms with E-state index in [2.05, 4.69) is 27.1 Å². The molecule has 2 aromatic rings. The Bertz CT molecular complexity index is 934. The molecule has 9 heteroatoms. The molecule has 1 heterocycles. The zero-order valence-corrected chi connectivity index (χ0v) is 17.5. The Balaban J connectivity index is 2.16. The second-order valence-corrected chi connectivity index (χ2v) is 7.49. The van der Waals surface area contributed by atoms with Crippen LogP contribution < -0.4 is 5.32 Å². The molecule has 2 unspecified atom stereocenters. The van der Waals surface area contributed by atoms with Crippen LogP contribution in [0.15, 0.2) is 24.5 Å². The molecular weight excluding hydrogens is 429 g/mol. The van der Waals surface area contributed by atoms with E-state index in [4.69, 9.17) is 23.2 Å². The first-order valence-corrected chi connectivity index (χ1v) is 9.53. The average Bonchev–Trinajstić information content (AvgIpc) is 2.63. The standard InChI is InChI=1S/C20H19Cl2F4N3/c1-4-19(3,23)17-16(22)18(28-11-27-17)29-12(2)6-5-7-13-8-9-14(21)10-15(13)20(24,25)26/h8-12H,4,6H2,1-3H3,(H,27,28,29). The van der Waals surface area contributed by atoms with Gasteiger partial charge in [0.15, 0.2) is 5.67 Å². The molecule has 2 atom stereocenters. The number of hydrogen-bond acceptors (Lipinski definition) is 3. The number of alkyl halides is 4. The fraction of sp³-hybridized carbons (Fsp3) is 0.400. The Morgan fingerprint density at radius 2 is 1.86 bits per heavy atom. The largest absolute Gasteiger partial charge is 0.417 e. The van der Waals surface area contributed by atoms with Gasteiger partial charge in [0, 0.05) is 23.0 Å². The third-order valence-electron chi connectivity index (χ3n) is 4.25. The fourth-order valence-electron chi connectivity index (χ4n) is 2.45. The molecule has 2 rings (SSSR count). The van der Waals surface area contributed by atoms with Gasteiger partial charge in [0.1, 0.15) is 22.9 Å². The lowest BCUT2D eigenvalue weighted by Crippen LogP contribution is -2.20. The van der Waals surface area contributed by atoms with Crippen LogP contribution in [0.3, 0.4) is 0 Å². The molecule has 0 spiro atoms. The molecule has 0 saturated carbocycles. The Morgan fingerprint density at radius 3 is 2.48 bits per heavy atom. The molecule has 1 aromatic carbocycles. The van der Waals surface area contributed by atoms with Gasteiger partial charge in [-0.1, -0.05) is 42.0 Å². The predicted molar refractivity (Wildman–Crippen MR) is 107 cm³/mol. The number of halogens is 6. The minimum absolute atomic E-state index is 0.0148. The maximum absolute atomic E-state index is 14.6. The van der Waals surface area contributed by atoms with Crippen molar-refractivity contribution >= 4 is 29.0 Å². The van der Waals surface area contributed by atoms with Crippen LogP contribution in [-0.4, -0.2) is 16.0 Å². The van der Waals surface area contributed by atoms with Gasteiger partial charge in [-0.05, 0) is 38.5 Å². The van der Waals surface area contributed by atoms with Crippen molar-refractivity contribution in [1.29, 1.82) is 0 Å². The molecule has 0 bridgehead atoms. The van der Waals surface area contributed by atoms with Gasteiger partial charge in [0.2, 0.25) is 0 Å². The van der Waals surface area contributed by atoms with Crippen LogP contribution in [0.4, 0.5) is 23.4 Å². The highest BCUT2D eigenvalue weighted by Gasteiger charge is 2.33. The van der Waals surface area contributed by atoms with Crippen molar-refractivity contribution in [1.82, 2.24) is 9.97 Å². The summed E-state index contributed by atoms with van der Waals surface area (Å²) in [6, 6.07) is 3.12. The van der Waals surface area contributed by atoms with Crippen LogP contribution in [0.1, 0.15) is 50.4 Å². The minimum atomic E-state index is -4.55. The second kappa shape index (κ2) is 9.19. The molecular formula is C20H19Cl2F4N3. The lowest BCUT2D eigenvalue weighted by Gasteiger charge is -2.21. The second-order valence-electron chi connectivity index (χ2n) is 6.67. The highest BCUT2D eigenvalue weighted by Crippen LogP contribution is 2.36. The van der Waals surface area contributed by atoms with Gasteiger partial charge in [-0.15, -0.1) is 0 Å². The van der Waals surface area contributed by atoms with E-state index in [1.165, 1.54) is 25.4 Å². The summed E-state index contributed by atoms with van der Waals surface area (Å²) in [6.07, 6.45) is -2.95. The minimum Gasteiger partial charge on any atom is -0.365 e. The Kier molecular flexibility index (Phi) is 7.36. The van der Waals surface area contributed by atoms with E-state index in [1.54, 1.807) is 13.8 Å². The molecule has 0 aliphatic carbocycles. The molecule has 3 nitrogen and oxygen atoms in total. The number of nitrogens with one attached hydrogen (secondary N) is 1. The van der Waals surface area contributed by atoms with Gasteiger partial charge in [-0.3, -0.25) is 0 Å². The van der Waals surface area contributed by atoms with E-state index < -0.39 is 17.4 Å². The van der Waals surface area contributed by atoms with Crippen LogP contribution >= 0.6 is 23.2 Å². The molecule has 1 aromatic heterocycles. The van der Waals surface area contributed by atoms with Crippen molar-refractivity contribution in [2.24, 2.45) is 0 Å². The summed E-state index contributed by atoms with van der Waals surface area (Å²) in [7, 11) is 0. The smallest absolute Gasteiger partial charge is 0.365 e. The first-order chi connectivity index (χ1) is 13.5. The van der Waals surface area contributed by atoms with Crippen molar-refractivity contribution in [2.75, 3.05) is 5.32 Å². The van der Waals surface area contributed by atoms with Crippen LogP contribution in [0.5, 0.6) is 0 Å². The van der Waals surface area contributed by atoms with E-state index in [1.807, 2.05) is 0 Å². The summed E-state index contributed by atoms with van der Waals surface area (Å²) in [4.78, 5) is 7.94. The van der Waals surface area contributed by atoms with Gasteiger partial charge in [0.05, 0.1) is 5.56 Å². The molecule has 0 fully saturated rings. The number of anilines is 1. The number of rotatable bonds is 5. The average molecular weight is 448 g/mol. The normalized spacial score (nSPS) is 14.5. The molecule has 156 valence electrons. The van der Waals surface area contributed by atoms with Crippen molar-refractivity contribution in [2.45, 2.75) is 51.5 Å². The fourth-order valence-corrected chi connectivity index (χ4v) is 2.97. The summed E-state index contributed by atoms with van der Waals surface area (Å²) in [6.45, 7) is 4.81. The quantitative estimate of drug-likeness (QED) is 0.412. The Morgan fingerprint density at radius 1 is 1.17 bits per heavy atom. The molecule has 0 radical (unpaired) electrons. The van der Waals surface area contributed by atoms with Crippen molar-refractivity contribution in [3.05, 3.63) is 51.4 Å². The number of nitrogens with zero attached hydrogens (tertiary/aromatic N) is 2. The van der Waals surface area contributed by atoms with Crippen molar-refractivity contribution in [3.8, 4) is 11.8 Å². The molecule has 0 amide bonds. The van der Waals surface area contributed by atoms with Crippen LogP contribution in [-0.2, 0) is 11.8 Å². The van der Waals surface area contributed by atoms with E-state index in [0.717, 1.165) is 6.07 Å². The maximum atomic E-state index is 14.6. The summed E-state index contributed by atoms with van der Waals surface area (Å²) >= 11 is 11.9. The first kappa shape index (κ1) is 23.2. The van der Waals surface area contributed by atoms with Gasteiger partial charge in [-0.25, -0.2) is 14.4 Å². The van der Waals surface area contributed by atoms with Crippen molar-refractivity contribution in [3.63, 3.8) is 0 Å². The van der Waals surface area contributed by atoms with Gasteiger partial charge < -0.3 is 5.32 Å². The highest BCUT2D eigenvalue weighted by molar-refractivity contribution is 6.33. The molecule has 0 aliphatic rings. The van der Waals surface area contributed by atoms with Crippen molar-refractivity contribution < 1.29 is 17.6 Å². The summed E-state index contributed by atoms with van der Waals surface area (Å²) in [5, 5.41) is 3.04. The molecule has 0 aliphatic heterocycles. The summed E-state index contributed by atoms with van der Waals surface area (Å²) in [5.74, 6) is 5.48.